The van der Waals surface area contributed by atoms with Crippen LogP contribution in [0, 0.1) is 5.92 Å². The number of hydrogen-bond acceptors (Lipinski definition) is 5. The predicted molar refractivity (Wildman–Crippen MR) is 99.9 cm³/mol. The minimum atomic E-state index is -1.00. The molecule has 2 N–H and O–H groups in total. The summed E-state index contributed by atoms with van der Waals surface area (Å²) in [5.41, 5.74) is 1.40. The maximum Gasteiger partial charge on any atom is 0.355 e. The predicted octanol–water partition coefficient (Wildman–Crippen LogP) is 3.24. The SMILES string of the molecule is CC(=O)c1c[nH]c(C(=O)O[C@@H](C)C(=O)c2ccc(NC(=O)C(C)C)cc2)c1. The molecule has 7 heteroatoms. The first-order chi connectivity index (χ1) is 12.7. The Bertz CT molecular complexity index is 865. The first-order valence-electron chi connectivity index (χ1n) is 8.54. The van der Waals surface area contributed by atoms with E-state index in [4.69, 9.17) is 4.74 Å². The van der Waals surface area contributed by atoms with Gasteiger partial charge in [-0.15, -0.1) is 0 Å². The number of Topliss-reactive ketones (excluding diaryl/α,β-unsaturated/α-hetero) is 2. The van der Waals surface area contributed by atoms with E-state index in [-0.39, 0.29) is 29.1 Å². The van der Waals surface area contributed by atoms with Crippen molar-refractivity contribution in [3.05, 3.63) is 53.3 Å². The van der Waals surface area contributed by atoms with E-state index in [9.17, 15) is 19.2 Å². The van der Waals surface area contributed by atoms with Gasteiger partial charge in [0.15, 0.2) is 11.9 Å². The van der Waals surface area contributed by atoms with Crippen molar-refractivity contribution in [2.24, 2.45) is 5.92 Å². The zero-order chi connectivity index (χ0) is 20.1. The molecule has 0 aliphatic carbocycles. The normalized spacial score (nSPS) is 11.7. The molecule has 0 saturated heterocycles. The third-order valence-electron chi connectivity index (χ3n) is 3.92. The van der Waals surface area contributed by atoms with Crippen molar-refractivity contribution >= 4 is 29.1 Å². The summed E-state index contributed by atoms with van der Waals surface area (Å²) in [6.45, 7) is 6.43. The molecule has 1 aromatic heterocycles. The van der Waals surface area contributed by atoms with Crippen molar-refractivity contribution < 1.29 is 23.9 Å². The van der Waals surface area contributed by atoms with Crippen LogP contribution >= 0.6 is 0 Å². The van der Waals surface area contributed by atoms with Gasteiger partial charge in [0, 0.05) is 28.9 Å². The van der Waals surface area contributed by atoms with Gasteiger partial charge in [-0.2, -0.15) is 0 Å². The fraction of sp³-hybridized carbons (Fsp3) is 0.300. The number of H-pyrrole nitrogens is 1. The van der Waals surface area contributed by atoms with Crippen LogP contribution in [0.25, 0.3) is 0 Å². The standard InChI is InChI=1S/C20H22N2O5/c1-11(2)19(25)22-16-7-5-14(6-8-16)18(24)13(4)27-20(26)17-9-15(10-21-17)12(3)23/h5-11,13,21H,1-4H3,(H,22,25)/t13-/m0/s1. The van der Waals surface area contributed by atoms with Gasteiger partial charge in [0.2, 0.25) is 11.7 Å². The number of carbonyl (C=O) groups is 4. The second-order valence-electron chi connectivity index (χ2n) is 6.49. The first-order valence-corrected chi connectivity index (χ1v) is 8.54. The van der Waals surface area contributed by atoms with Gasteiger partial charge in [0.05, 0.1) is 0 Å². The fourth-order valence-corrected chi connectivity index (χ4v) is 2.23. The molecular weight excluding hydrogens is 348 g/mol. The summed E-state index contributed by atoms with van der Waals surface area (Å²) in [5, 5.41) is 2.73. The highest BCUT2D eigenvalue weighted by Gasteiger charge is 2.21. The van der Waals surface area contributed by atoms with Crippen LogP contribution in [-0.4, -0.2) is 34.5 Å². The molecule has 1 amide bonds. The van der Waals surface area contributed by atoms with Gasteiger partial charge >= 0.3 is 5.97 Å². The molecule has 1 heterocycles. The summed E-state index contributed by atoms with van der Waals surface area (Å²) in [7, 11) is 0. The molecule has 0 radical (unpaired) electrons. The molecule has 2 rings (SSSR count). The number of anilines is 1. The summed E-state index contributed by atoms with van der Waals surface area (Å²) in [6, 6.07) is 7.74. The average Bonchev–Trinajstić information content (AvgIpc) is 3.12. The van der Waals surface area contributed by atoms with E-state index in [0.717, 1.165) is 0 Å². The highest BCUT2D eigenvalue weighted by molar-refractivity contribution is 6.02. The monoisotopic (exact) mass is 370 g/mol. The lowest BCUT2D eigenvalue weighted by Crippen LogP contribution is -2.24. The Balaban J connectivity index is 2.00. The van der Waals surface area contributed by atoms with Crippen molar-refractivity contribution in [3.63, 3.8) is 0 Å². The molecule has 0 saturated carbocycles. The number of rotatable bonds is 7. The minimum absolute atomic E-state index is 0.103. The number of ketones is 2. The Labute approximate surface area is 157 Å². The van der Waals surface area contributed by atoms with Crippen LogP contribution in [0.5, 0.6) is 0 Å². The molecule has 0 aliphatic heterocycles. The van der Waals surface area contributed by atoms with Gasteiger partial charge in [0.1, 0.15) is 5.69 Å². The van der Waals surface area contributed by atoms with Crippen LogP contribution in [0.2, 0.25) is 0 Å². The van der Waals surface area contributed by atoms with Crippen LogP contribution < -0.4 is 5.32 Å². The number of nitrogens with one attached hydrogen (secondary N) is 2. The minimum Gasteiger partial charge on any atom is -0.450 e. The zero-order valence-electron chi connectivity index (χ0n) is 15.7. The van der Waals surface area contributed by atoms with Crippen LogP contribution in [0.3, 0.4) is 0 Å². The quantitative estimate of drug-likeness (QED) is 0.575. The third-order valence-corrected chi connectivity index (χ3v) is 3.92. The Morgan fingerprint density at radius 1 is 1.00 bits per heavy atom. The largest absolute Gasteiger partial charge is 0.450 e. The van der Waals surface area contributed by atoms with Crippen molar-refractivity contribution in [2.45, 2.75) is 33.8 Å². The van der Waals surface area contributed by atoms with Gasteiger partial charge in [-0.1, -0.05) is 13.8 Å². The van der Waals surface area contributed by atoms with Gasteiger partial charge in [-0.3, -0.25) is 14.4 Å². The first kappa shape index (κ1) is 20.1. The molecule has 7 nitrogen and oxygen atoms in total. The number of aromatic amines is 1. The van der Waals surface area contributed by atoms with Gasteiger partial charge in [-0.25, -0.2) is 4.79 Å². The highest BCUT2D eigenvalue weighted by atomic mass is 16.5. The number of amides is 1. The lowest BCUT2D eigenvalue weighted by atomic mass is 10.1. The topological polar surface area (TPSA) is 105 Å². The number of esters is 1. The second kappa shape index (κ2) is 8.44. The molecule has 1 atom stereocenters. The van der Waals surface area contributed by atoms with Crippen molar-refractivity contribution in [3.8, 4) is 0 Å². The Hall–Kier alpha value is -3.22. The van der Waals surface area contributed by atoms with Crippen LogP contribution in [-0.2, 0) is 9.53 Å². The lowest BCUT2D eigenvalue weighted by molar-refractivity contribution is -0.118. The van der Waals surface area contributed by atoms with E-state index in [1.165, 1.54) is 26.1 Å². The van der Waals surface area contributed by atoms with Gasteiger partial charge in [-0.05, 0) is 44.2 Å². The van der Waals surface area contributed by atoms with E-state index in [0.29, 0.717) is 16.8 Å². The number of hydrogen-bond donors (Lipinski definition) is 2. The molecule has 0 spiro atoms. The molecule has 0 fully saturated rings. The highest BCUT2D eigenvalue weighted by Crippen LogP contribution is 2.15. The van der Waals surface area contributed by atoms with Gasteiger partial charge < -0.3 is 15.0 Å². The molecule has 1 aromatic carbocycles. The molecule has 27 heavy (non-hydrogen) atoms. The van der Waals surface area contributed by atoms with Crippen LogP contribution in [0.4, 0.5) is 5.69 Å². The summed E-state index contributed by atoms with van der Waals surface area (Å²) in [6.07, 6.45) is 0.410. The maximum absolute atomic E-state index is 12.4. The average molecular weight is 370 g/mol. The zero-order valence-corrected chi connectivity index (χ0v) is 15.7. The summed E-state index contributed by atoms with van der Waals surface area (Å²) in [4.78, 5) is 50.2. The molecular formula is C20H22N2O5. The Kier molecular flexibility index (Phi) is 6.28. The van der Waals surface area contributed by atoms with Crippen molar-refractivity contribution in [2.75, 3.05) is 5.32 Å². The molecule has 0 unspecified atom stereocenters. The van der Waals surface area contributed by atoms with E-state index in [1.807, 2.05) is 0 Å². The summed E-state index contributed by atoms with van der Waals surface area (Å²) in [5.74, 6) is -1.54. The Morgan fingerprint density at radius 2 is 1.63 bits per heavy atom. The van der Waals surface area contributed by atoms with E-state index in [2.05, 4.69) is 10.3 Å². The van der Waals surface area contributed by atoms with E-state index >= 15 is 0 Å². The van der Waals surface area contributed by atoms with Crippen LogP contribution in [0.1, 0.15) is 58.9 Å². The third kappa shape index (κ3) is 5.13. The molecule has 0 bridgehead atoms. The number of carbonyl (C=O) groups excluding carboxylic acids is 4. The maximum atomic E-state index is 12.4. The second-order valence-corrected chi connectivity index (χ2v) is 6.49. The van der Waals surface area contributed by atoms with Crippen LogP contribution in [0.15, 0.2) is 36.5 Å². The number of aromatic nitrogens is 1. The van der Waals surface area contributed by atoms with Crippen molar-refractivity contribution in [1.29, 1.82) is 0 Å². The lowest BCUT2D eigenvalue weighted by Gasteiger charge is -2.12. The molecule has 2 aromatic rings. The number of ether oxygens (including phenoxy) is 1. The molecule has 142 valence electrons. The van der Waals surface area contributed by atoms with Crippen molar-refractivity contribution in [1.82, 2.24) is 4.98 Å². The van der Waals surface area contributed by atoms with E-state index in [1.54, 1.807) is 38.1 Å². The summed E-state index contributed by atoms with van der Waals surface area (Å²) < 4.78 is 5.17. The Morgan fingerprint density at radius 3 is 2.15 bits per heavy atom. The molecule has 0 aliphatic rings. The van der Waals surface area contributed by atoms with Gasteiger partial charge in [0.25, 0.3) is 0 Å². The fourth-order valence-electron chi connectivity index (χ4n) is 2.23. The number of benzene rings is 1. The van der Waals surface area contributed by atoms with E-state index < -0.39 is 12.1 Å². The smallest absolute Gasteiger partial charge is 0.355 e. The summed E-state index contributed by atoms with van der Waals surface area (Å²) >= 11 is 0.